The molecule has 0 bridgehead atoms. The highest BCUT2D eigenvalue weighted by molar-refractivity contribution is 5.95. The zero-order valence-corrected chi connectivity index (χ0v) is 15.3. The summed E-state index contributed by atoms with van der Waals surface area (Å²) in [6.07, 6.45) is 1.48. The van der Waals surface area contributed by atoms with E-state index in [0.29, 0.717) is 29.6 Å². The van der Waals surface area contributed by atoms with E-state index in [9.17, 15) is 4.79 Å². The van der Waals surface area contributed by atoms with Gasteiger partial charge in [0.1, 0.15) is 23.0 Å². The number of nitrogens with zero attached hydrogens (tertiary/aromatic N) is 4. The van der Waals surface area contributed by atoms with Crippen molar-refractivity contribution in [1.82, 2.24) is 19.7 Å². The van der Waals surface area contributed by atoms with Crippen LogP contribution < -0.4 is 5.32 Å². The Morgan fingerprint density at radius 1 is 1.19 bits per heavy atom. The molecule has 0 amide bonds. The van der Waals surface area contributed by atoms with Gasteiger partial charge in [-0.3, -0.25) is 4.68 Å². The maximum absolute atomic E-state index is 12.1. The highest BCUT2D eigenvalue weighted by Crippen LogP contribution is 2.24. The zero-order valence-electron chi connectivity index (χ0n) is 15.3. The number of benzene rings is 1. The van der Waals surface area contributed by atoms with Gasteiger partial charge < -0.3 is 10.1 Å². The summed E-state index contributed by atoms with van der Waals surface area (Å²) in [5.74, 6) is 1.32. The van der Waals surface area contributed by atoms with Gasteiger partial charge in [0.2, 0.25) is 0 Å². The number of aryl methyl sites for hydroxylation is 3. The number of carbonyl (C=O) groups excluding carboxylic acids is 1. The molecule has 0 aliphatic heterocycles. The van der Waals surface area contributed by atoms with Crippen molar-refractivity contribution in [2.75, 3.05) is 11.9 Å². The van der Waals surface area contributed by atoms with Crippen LogP contribution in [0.4, 0.5) is 11.6 Å². The summed E-state index contributed by atoms with van der Waals surface area (Å²) < 4.78 is 6.66. The van der Waals surface area contributed by atoms with Crippen molar-refractivity contribution in [2.24, 2.45) is 7.05 Å². The molecule has 0 saturated heterocycles. The van der Waals surface area contributed by atoms with E-state index in [1.807, 2.05) is 44.2 Å². The third-order valence-corrected chi connectivity index (χ3v) is 3.87. The van der Waals surface area contributed by atoms with Crippen LogP contribution in [0.1, 0.15) is 28.7 Å². The number of rotatable bonds is 5. The van der Waals surface area contributed by atoms with Crippen molar-refractivity contribution >= 4 is 17.6 Å². The quantitative estimate of drug-likeness (QED) is 0.709. The van der Waals surface area contributed by atoms with Crippen LogP contribution >= 0.6 is 0 Å². The fourth-order valence-electron chi connectivity index (χ4n) is 2.57. The molecular formula is C19H21N5O2. The lowest BCUT2D eigenvalue weighted by Gasteiger charge is -2.11. The summed E-state index contributed by atoms with van der Waals surface area (Å²) in [6.45, 7) is 5.94. The summed E-state index contributed by atoms with van der Waals surface area (Å²) in [5, 5.41) is 7.31. The van der Waals surface area contributed by atoms with Crippen LogP contribution in [-0.2, 0) is 11.8 Å². The number of nitrogens with one attached hydrogen (secondary N) is 1. The molecule has 0 saturated carbocycles. The Labute approximate surface area is 152 Å². The maximum Gasteiger partial charge on any atom is 0.343 e. The van der Waals surface area contributed by atoms with Gasteiger partial charge in [0.25, 0.3) is 0 Å². The number of aromatic nitrogens is 4. The molecule has 1 aromatic carbocycles. The third-order valence-electron chi connectivity index (χ3n) is 3.87. The Balaban J connectivity index is 1.95. The fraction of sp³-hybridized carbons (Fsp3) is 0.263. The molecular weight excluding hydrogens is 330 g/mol. The molecule has 7 heteroatoms. The third kappa shape index (κ3) is 3.72. The normalized spacial score (nSPS) is 10.6. The van der Waals surface area contributed by atoms with E-state index in [-0.39, 0.29) is 0 Å². The zero-order chi connectivity index (χ0) is 18.7. The first kappa shape index (κ1) is 17.6. The summed E-state index contributed by atoms with van der Waals surface area (Å²) in [6, 6.07) is 9.98. The first-order chi connectivity index (χ1) is 12.5. The largest absolute Gasteiger partial charge is 0.462 e. The van der Waals surface area contributed by atoms with Crippen LogP contribution in [0.25, 0.3) is 11.3 Å². The number of esters is 1. The van der Waals surface area contributed by atoms with E-state index < -0.39 is 5.97 Å². The van der Waals surface area contributed by atoms with E-state index in [0.717, 1.165) is 11.3 Å². The Bertz CT molecular complexity index is 932. The molecule has 2 aromatic heterocycles. The first-order valence-electron chi connectivity index (χ1n) is 8.36. The van der Waals surface area contributed by atoms with Gasteiger partial charge >= 0.3 is 5.97 Å². The van der Waals surface area contributed by atoms with Crippen LogP contribution in [0, 0.1) is 13.8 Å². The van der Waals surface area contributed by atoms with E-state index in [2.05, 4.69) is 20.4 Å². The average Bonchev–Trinajstić information content (AvgIpc) is 2.96. The lowest BCUT2D eigenvalue weighted by molar-refractivity contribution is 0.0527. The molecule has 0 aliphatic carbocycles. The van der Waals surface area contributed by atoms with Gasteiger partial charge in [-0.25, -0.2) is 14.8 Å². The van der Waals surface area contributed by atoms with Crippen molar-refractivity contribution in [3.05, 3.63) is 53.5 Å². The standard InChI is InChI=1S/C19H21N5O2/c1-5-26-19(25)15-11-20-24(4)18(15)23-17-10-16(21-13(3)22-17)14-8-6-12(2)7-9-14/h6-11H,5H2,1-4H3,(H,21,22,23). The molecule has 2 heterocycles. The smallest absolute Gasteiger partial charge is 0.343 e. The van der Waals surface area contributed by atoms with Crippen molar-refractivity contribution in [3.63, 3.8) is 0 Å². The van der Waals surface area contributed by atoms with E-state index in [1.165, 1.54) is 11.8 Å². The molecule has 0 aliphatic rings. The number of hydrogen-bond acceptors (Lipinski definition) is 6. The van der Waals surface area contributed by atoms with Crippen molar-refractivity contribution in [2.45, 2.75) is 20.8 Å². The van der Waals surface area contributed by atoms with E-state index in [1.54, 1.807) is 18.7 Å². The Hall–Kier alpha value is -3.22. The number of hydrogen-bond donors (Lipinski definition) is 1. The molecule has 3 rings (SSSR count). The van der Waals surface area contributed by atoms with Gasteiger partial charge in [-0.15, -0.1) is 0 Å². The summed E-state index contributed by atoms with van der Waals surface area (Å²) in [7, 11) is 1.75. The average molecular weight is 351 g/mol. The van der Waals surface area contributed by atoms with Crippen LogP contribution in [0.5, 0.6) is 0 Å². The van der Waals surface area contributed by atoms with Gasteiger partial charge in [0.05, 0.1) is 18.5 Å². The highest BCUT2D eigenvalue weighted by Gasteiger charge is 2.18. The number of anilines is 2. The van der Waals surface area contributed by atoms with Gasteiger partial charge in [0.15, 0.2) is 0 Å². The minimum Gasteiger partial charge on any atom is -0.462 e. The van der Waals surface area contributed by atoms with Crippen molar-refractivity contribution in [3.8, 4) is 11.3 Å². The second kappa shape index (κ2) is 7.35. The predicted octanol–water partition coefficient (Wildman–Crippen LogP) is 3.41. The lowest BCUT2D eigenvalue weighted by Crippen LogP contribution is -2.09. The molecule has 0 atom stereocenters. The minimum absolute atomic E-state index is 0.303. The van der Waals surface area contributed by atoms with Gasteiger partial charge in [-0.2, -0.15) is 5.10 Å². The molecule has 0 radical (unpaired) electrons. The molecule has 0 fully saturated rings. The summed E-state index contributed by atoms with van der Waals surface area (Å²) in [5.41, 5.74) is 3.36. The van der Waals surface area contributed by atoms with Crippen LogP contribution in [0.15, 0.2) is 36.5 Å². The molecule has 26 heavy (non-hydrogen) atoms. The second-order valence-corrected chi connectivity index (χ2v) is 5.93. The lowest BCUT2D eigenvalue weighted by atomic mass is 10.1. The highest BCUT2D eigenvalue weighted by atomic mass is 16.5. The van der Waals surface area contributed by atoms with Crippen LogP contribution in [0.3, 0.4) is 0 Å². The van der Waals surface area contributed by atoms with Gasteiger partial charge in [-0.1, -0.05) is 29.8 Å². The second-order valence-electron chi connectivity index (χ2n) is 5.93. The van der Waals surface area contributed by atoms with Gasteiger partial charge in [0, 0.05) is 18.7 Å². The minimum atomic E-state index is -0.423. The molecule has 0 spiro atoms. The molecule has 7 nitrogen and oxygen atoms in total. The summed E-state index contributed by atoms with van der Waals surface area (Å²) in [4.78, 5) is 21.0. The molecule has 134 valence electrons. The van der Waals surface area contributed by atoms with Crippen LogP contribution in [-0.4, -0.2) is 32.3 Å². The van der Waals surface area contributed by atoms with Crippen molar-refractivity contribution < 1.29 is 9.53 Å². The molecule has 1 N–H and O–H groups in total. The maximum atomic E-state index is 12.1. The van der Waals surface area contributed by atoms with Crippen molar-refractivity contribution in [1.29, 1.82) is 0 Å². The number of carbonyl (C=O) groups is 1. The SMILES string of the molecule is CCOC(=O)c1cnn(C)c1Nc1cc(-c2ccc(C)cc2)nc(C)n1. The molecule has 0 unspecified atom stereocenters. The summed E-state index contributed by atoms with van der Waals surface area (Å²) >= 11 is 0. The van der Waals surface area contributed by atoms with Gasteiger partial charge in [-0.05, 0) is 20.8 Å². The topological polar surface area (TPSA) is 81.9 Å². The fourth-order valence-corrected chi connectivity index (χ4v) is 2.57. The van der Waals surface area contributed by atoms with E-state index in [4.69, 9.17) is 4.74 Å². The predicted molar refractivity (Wildman–Crippen MR) is 99.4 cm³/mol. The monoisotopic (exact) mass is 351 g/mol. The first-order valence-corrected chi connectivity index (χ1v) is 8.36. The van der Waals surface area contributed by atoms with Crippen LogP contribution in [0.2, 0.25) is 0 Å². The Morgan fingerprint density at radius 3 is 2.62 bits per heavy atom. The Morgan fingerprint density at radius 2 is 1.92 bits per heavy atom. The molecule has 3 aromatic rings. The number of ether oxygens (including phenoxy) is 1. The Kier molecular flexibility index (Phi) is 4.97. The van der Waals surface area contributed by atoms with E-state index >= 15 is 0 Å².